The molecule has 1 rings (SSSR count). The number of ether oxygens (including phenoxy) is 1. The molecule has 0 radical (unpaired) electrons. The fourth-order valence-electron chi connectivity index (χ4n) is 0.557. The van der Waals surface area contributed by atoms with Gasteiger partial charge in [0.1, 0.15) is 0 Å². The fourth-order valence-corrected chi connectivity index (χ4v) is 0.557. The maximum atomic E-state index is 10.2. The molecule has 0 amide bonds. The summed E-state index contributed by atoms with van der Waals surface area (Å²) in [6.07, 6.45) is 2.45. The molecule has 3 heteroatoms. The van der Waals surface area contributed by atoms with Gasteiger partial charge in [0, 0.05) is 0 Å². The summed E-state index contributed by atoms with van der Waals surface area (Å²) in [4.78, 5) is 10.2. The van der Waals surface area contributed by atoms with Gasteiger partial charge in [-0.1, -0.05) is 0 Å². The van der Waals surface area contributed by atoms with E-state index < -0.39 is 0 Å². The van der Waals surface area contributed by atoms with E-state index in [4.69, 9.17) is 0 Å². The number of esters is 1. The molecule has 0 bridgehead atoms. The van der Waals surface area contributed by atoms with Crippen LogP contribution in [0.1, 0.15) is 13.3 Å². The van der Waals surface area contributed by atoms with Gasteiger partial charge in [-0.25, -0.2) is 0 Å². The Kier molecular flexibility index (Phi) is 7.08. The summed E-state index contributed by atoms with van der Waals surface area (Å²) < 4.78 is 4.67. The Labute approximate surface area is 81.2 Å². The second kappa shape index (κ2) is 5.25. The Bertz CT molecular complexity index is 93.1. The Morgan fingerprint density at radius 3 is 2.44 bits per heavy atom. The Morgan fingerprint density at radius 2 is 2.33 bits per heavy atom. The molecule has 1 aliphatic heterocycles. The summed E-state index contributed by atoms with van der Waals surface area (Å²) in [6.45, 7) is 1.88. The second-order valence-electron chi connectivity index (χ2n) is 1.69. The van der Waals surface area contributed by atoms with Crippen LogP contribution in [0.4, 0.5) is 0 Å². The number of rotatable bonds is 0. The minimum Gasteiger partial charge on any atom is -0.488 e. The van der Waals surface area contributed by atoms with Crippen LogP contribution in [0.15, 0.2) is 0 Å². The van der Waals surface area contributed by atoms with Crippen LogP contribution in [0.5, 0.6) is 0 Å². The second-order valence-corrected chi connectivity index (χ2v) is 1.69. The molecule has 2 nitrogen and oxygen atoms in total. The Balaban J connectivity index is 0. The number of carbonyl (C=O) groups is 1. The predicted octanol–water partition coefficient (Wildman–Crippen LogP) is 0.974. The van der Waals surface area contributed by atoms with Gasteiger partial charge in [-0.15, -0.1) is 6.42 Å². The van der Waals surface area contributed by atoms with Gasteiger partial charge >= 0.3 is 32.7 Å². The first-order valence-electron chi connectivity index (χ1n) is 2.33. The van der Waals surface area contributed by atoms with E-state index in [1.54, 1.807) is 6.42 Å². The average molecular weight is 203 g/mol. The molecule has 0 aromatic heterocycles. The number of hydrogen-bond donors (Lipinski definition) is 0. The van der Waals surface area contributed by atoms with Crippen molar-refractivity contribution in [1.82, 2.24) is 0 Å². The monoisotopic (exact) mass is 203 g/mol. The SMILES string of the molecule is CC1C[CH-]C(=O)O1.[CH3-].[Y+3]. The van der Waals surface area contributed by atoms with E-state index in [1.807, 2.05) is 6.92 Å². The normalized spacial score (nSPS) is 22.8. The summed E-state index contributed by atoms with van der Waals surface area (Å²) >= 11 is 0. The van der Waals surface area contributed by atoms with Crippen molar-refractivity contribution in [3.05, 3.63) is 13.8 Å². The maximum absolute atomic E-state index is 10.2. The number of cyclic esters (lactones) is 1. The zero-order chi connectivity index (χ0) is 5.28. The van der Waals surface area contributed by atoms with E-state index in [0.717, 1.165) is 6.42 Å². The van der Waals surface area contributed by atoms with Gasteiger partial charge in [-0.05, 0) is 6.92 Å². The molecule has 0 N–H and O–H groups in total. The first kappa shape index (κ1) is 12.2. The smallest absolute Gasteiger partial charge is 0.488 e. The fraction of sp³-hybridized carbons (Fsp3) is 0.500. The number of carbonyl (C=O) groups excluding carboxylic acids is 1. The molecule has 0 aliphatic carbocycles. The van der Waals surface area contributed by atoms with Crippen LogP contribution in [0.3, 0.4) is 0 Å². The standard InChI is InChI=1S/C5H7O2.CH3.Y/c1-4-2-3-5(6)7-4;;/h3-4H,2H2,1H3;1H3;/q2*-1;+3. The summed E-state index contributed by atoms with van der Waals surface area (Å²) in [5.74, 6) is -0.174. The van der Waals surface area contributed by atoms with E-state index in [-0.39, 0.29) is 52.2 Å². The van der Waals surface area contributed by atoms with E-state index in [0.29, 0.717) is 0 Å². The minimum atomic E-state index is -0.174. The van der Waals surface area contributed by atoms with Gasteiger partial charge in [0.2, 0.25) is 0 Å². The molecule has 1 heterocycles. The quantitative estimate of drug-likeness (QED) is 0.433. The van der Waals surface area contributed by atoms with Gasteiger partial charge in [0.25, 0.3) is 0 Å². The molecule has 1 saturated heterocycles. The minimum absolute atomic E-state index is 0. The number of hydrogen-bond acceptors (Lipinski definition) is 2. The van der Waals surface area contributed by atoms with Gasteiger partial charge < -0.3 is 12.2 Å². The molecule has 48 valence electrons. The molecule has 1 unspecified atom stereocenters. The summed E-state index contributed by atoms with van der Waals surface area (Å²) in [7, 11) is 0. The van der Waals surface area contributed by atoms with Gasteiger partial charge in [-0.3, -0.25) is 11.2 Å². The van der Waals surface area contributed by atoms with Crippen molar-refractivity contribution >= 4 is 5.97 Å². The largest absolute Gasteiger partial charge is 3.00 e. The van der Waals surface area contributed by atoms with Crippen molar-refractivity contribution < 1.29 is 42.2 Å². The molecule has 9 heavy (non-hydrogen) atoms. The Morgan fingerprint density at radius 1 is 1.78 bits per heavy atom. The summed E-state index contributed by atoms with van der Waals surface area (Å²) in [5, 5.41) is 0. The van der Waals surface area contributed by atoms with Crippen molar-refractivity contribution in [1.29, 1.82) is 0 Å². The third kappa shape index (κ3) is 3.93. The van der Waals surface area contributed by atoms with E-state index in [2.05, 4.69) is 4.74 Å². The molecular weight excluding hydrogens is 193 g/mol. The molecule has 0 aromatic carbocycles. The van der Waals surface area contributed by atoms with Gasteiger partial charge in [0.15, 0.2) is 5.97 Å². The molecule has 0 spiro atoms. The molecule has 0 saturated carbocycles. The van der Waals surface area contributed by atoms with Gasteiger partial charge in [0.05, 0.1) is 6.10 Å². The summed E-state index contributed by atoms with van der Waals surface area (Å²) in [5.41, 5.74) is 0. The summed E-state index contributed by atoms with van der Waals surface area (Å²) in [6, 6.07) is 0. The molecule has 1 atom stereocenters. The van der Waals surface area contributed by atoms with Gasteiger partial charge in [-0.2, -0.15) is 0 Å². The van der Waals surface area contributed by atoms with Crippen LogP contribution in [-0.2, 0) is 42.2 Å². The third-order valence-electron chi connectivity index (χ3n) is 0.934. The average Bonchev–Trinajstić information content (AvgIpc) is 1.87. The van der Waals surface area contributed by atoms with Crippen molar-refractivity contribution in [2.24, 2.45) is 0 Å². The maximum Gasteiger partial charge on any atom is 3.00 e. The van der Waals surface area contributed by atoms with Crippen LogP contribution in [0.25, 0.3) is 0 Å². The molecular formula is C6H10O2Y+. The van der Waals surface area contributed by atoms with Crippen molar-refractivity contribution in [3.8, 4) is 0 Å². The molecule has 0 aromatic rings. The van der Waals surface area contributed by atoms with Crippen LogP contribution in [0.2, 0.25) is 0 Å². The van der Waals surface area contributed by atoms with E-state index in [1.165, 1.54) is 0 Å². The van der Waals surface area contributed by atoms with Crippen LogP contribution >= 0.6 is 0 Å². The zero-order valence-electron chi connectivity index (χ0n) is 5.76. The zero-order valence-corrected chi connectivity index (χ0v) is 8.59. The topological polar surface area (TPSA) is 26.3 Å². The Hall–Kier alpha value is 0.444. The van der Waals surface area contributed by atoms with Crippen molar-refractivity contribution in [3.63, 3.8) is 0 Å². The van der Waals surface area contributed by atoms with E-state index in [9.17, 15) is 4.79 Å². The first-order chi connectivity index (χ1) is 3.29. The molecule has 1 aliphatic rings. The molecule has 1 fully saturated rings. The predicted molar refractivity (Wildman–Crippen MR) is 30.9 cm³/mol. The van der Waals surface area contributed by atoms with E-state index >= 15 is 0 Å². The van der Waals surface area contributed by atoms with Crippen LogP contribution in [0, 0.1) is 13.8 Å². The van der Waals surface area contributed by atoms with Crippen LogP contribution in [-0.4, -0.2) is 12.1 Å². The van der Waals surface area contributed by atoms with Crippen LogP contribution < -0.4 is 0 Å². The first-order valence-corrected chi connectivity index (χ1v) is 2.33. The van der Waals surface area contributed by atoms with Crippen molar-refractivity contribution in [2.75, 3.05) is 0 Å². The van der Waals surface area contributed by atoms with Crippen molar-refractivity contribution in [2.45, 2.75) is 19.4 Å². The third-order valence-corrected chi connectivity index (χ3v) is 0.934.